The van der Waals surface area contributed by atoms with E-state index in [0.29, 0.717) is 18.9 Å². The highest BCUT2D eigenvalue weighted by Gasteiger charge is 2.12. The molecule has 4 rings (SSSR count). The third-order valence-corrected chi connectivity index (χ3v) is 4.40. The first-order valence-electron chi connectivity index (χ1n) is 9.16. The van der Waals surface area contributed by atoms with Crippen LogP contribution >= 0.6 is 0 Å². The number of nitrogens with zero attached hydrogens (tertiary/aromatic N) is 4. The molecule has 0 radical (unpaired) electrons. The van der Waals surface area contributed by atoms with Gasteiger partial charge in [0.05, 0.1) is 37.0 Å². The van der Waals surface area contributed by atoms with E-state index in [1.165, 1.54) is 6.08 Å². The first-order chi connectivity index (χ1) is 13.8. The van der Waals surface area contributed by atoms with Crippen LogP contribution in [0.4, 0.5) is 11.5 Å². The maximum atomic E-state index is 12.2. The second kappa shape index (κ2) is 8.49. The van der Waals surface area contributed by atoms with Crippen molar-refractivity contribution in [2.45, 2.75) is 0 Å². The van der Waals surface area contributed by atoms with Crippen molar-refractivity contribution in [3.8, 4) is 5.69 Å². The van der Waals surface area contributed by atoms with Crippen LogP contribution in [-0.4, -0.2) is 47.0 Å². The minimum absolute atomic E-state index is 0.214. The maximum absolute atomic E-state index is 12.2. The molecule has 3 heterocycles. The van der Waals surface area contributed by atoms with E-state index in [1.54, 1.807) is 23.2 Å². The molecular formula is C21H21N5O2. The Bertz CT molecular complexity index is 944. The molecule has 0 bridgehead atoms. The van der Waals surface area contributed by atoms with Crippen molar-refractivity contribution >= 4 is 23.5 Å². The number of para-hydroxylation sites is 1. The Morgan fingerprint density at radius 1 is 1.07 bits per heavy atom. The van der Waals surface area contributed by atoms with Crippen LogP contribution in [0.15, 0.2) is 67.1 Å². The second-order valence-corrected chi connectivity index (χ2v) is 6.38. The van der Waals surface area contributed by atoms with Gasteiger partial charge in [0.1, 0.15) is 5.82 Å². The van der Waals surface area contributed by atoms with Crippen LogP contribution in [0, 0.1) is 0 Å². The summed E-state index contributed by atoms with van der Waals surface area (Å²) in [6.45, 7) is 3.09. The molecule has 7 heteroatoms. The molecule has 7 nitrogen and oxygen atoms in total. The molecular weight excluding hydrogens is 354 g/mol. The number of morpholine rings is 1. The summed E-state index contributed by atoms with van der Waals surface area (Å²) in [6, 6.07) is 13.6. The van der Waals surface area contributed by atoms with E-state index >= 15 is 0 Å². The number of aromatic nitrogens is 3. The lowest BCUT2D eigenvalue weighted by atomic mass is 10.3. The highest BCUT2D eigenvalue weighted by atomic mass is 16.5. The van der Waals surface area contributed by atoms with Crippen LogP contribution in [0.5, 0.6) is 0 Å². The summed E-state index contributed by atoms with van der Waals surface area (Å²) in [4.78, 5) is 18.8. The number of amides is 1. The van der Waals surface area contributed by atoms with Gasteiger partial charge in [0.25, 0.3) is 0 Å². The Morgan fingerprint density at radius 3 is 2.64 bits per heavy atom. The second-order valence-electron chi connectivity index (χ2n) is 6.38. The van der Waals surface area contributed by atoms with Gasteiger partial charge in [-0.2, -0.15) is 5.10 Å². The van der Waals surface area contributed by atoms with Crippen LogP contribution in [0.3, 0.4) is 0 Å². The van der Waals surface area contributed by atoms with Crippen molar-refractivity contribution in [1.82, 2.24) is 14.8 Å². The van der Waals surface area contributed by atoms with E-state index < -0.39 is 0 Å². The lowest BCUT2D eigenvalue weighted by molar-refractivity contribution is -0.111. The summed E-state index contributed by atoms with van der Waals surface area (Å²) < 4.78 is 7.12. The number of rotatable bonds is 5. The SMILES string of the molecule is O=C(/C=C/c1cnn(-c2ccccc2)c1)Nc1ccc(N2CCOCC2)nc1. The minimum atomic E-state index is -0.214. The number of hydrogen-bond acceptors (Lipinski definition) is 5. The number of anilines is 2. The van der Waals surface area contributed by atoms with Crippen molar-refractivity contribution in [3.05, 3.63) is 72.7 Å². The molecule has 0 aliphatic carbocycles. The molecule has 3 aromatic rings. The average Bonchev–Trinajstić information content (AvgIpc) is 3.23. The van der Waals surface area contributed by atoms with Crippen LogP contribution in [0.1, 0.15) is 5.56 Å². The van der Waals surface area contributed by atoms with Gasteiger partial charge in [-0.3, -0.25) is 4.79 Å². The van der Waals surface area contributed by atoms with Gasteiger partial charge >= 0.3 is 0 Å². The molecule has 0 atom stereocenters. The Hall–Kier alpha value is -3.45. The standard InChI is InChI=1S/C21H21N5O2/c27-21(9-6-17-14-23-26(16-17)19-4-2-1-3-5-19)24-18-7-8-20(22-15-18)25-10-12-28-13-11-25/h1-9,14-16H,10-13H2,(H,24,27)/b9-6+. The van der Waals surface area contributed by atoms with E-state index in [1.807, 2.05) is 48.7 Å². The van der Waals surface area contributed by atoms with Crippen LogP contribution in [-0.2, 0) is 9.53 Å². The summed E-state index contributed by atoms with van der Waals surface area (Å²) in [6.07, 6.45) is 8.48. The third-order valence-electron chi connectivity index (χ3n) is 4.40. The number of carbonyl (C=O) groups excluding carboxylic acids is 1. The fourth-order valence-corrected chi connectivity index (χ4v) is 2.94. The number of nitrogens with one attached hydrogen (secondary N) is 1. The molecule has 28 heavy (non-hydrogen) atoms. The third kappa shape index (κ3) is 4.44. The van der Waals surface area contributed by atoms with E-state index in [9.17, 15) is 4.79 Å². The van der Waals surface area contributed by atoms with Gasteiger partial charge in [0.2, 0.25) is 5.91 Å². The topological polar surface area (TPSA) is 72.3 Å². The molecule has 2 aromatic heterocycles. The van der Waals surface area contributed by atoms with E-state index in [0.717, 1.165) is 30.2 Å². The molecule has 1 saturated heterocycles. The zero-order chi connectivity index (χ0) is 19.2. The monoisotopic (exact) mass is 375 g/mol. The van der Waals surface area contributed by atoms with Crippen LogP contribution in [0.2, 0.25) is 0 Å². The number of benzene rings is 1. The molecule has 1 N–H and O–H groups in total. The minimum Gasteiger partial charge on any atom is -0.378 e. The molecule has 0 spiro atoms. The Labute approximate surface area is 163 Å². The average molecular weight is 375 g/mol. The zero-order valence-electron chi connectivity index (χ0n) is 15.4. The largest absolute Gasteiger partial charge is 0.378 e. The normalized spacial score (nSPS) is 14.4. The number of pyridine rings is 1. The summed E-state index contributed by atoms with van der Waals surface area (Å²) in [5, 5.41) is 7.13. The van der Waals surface area contributed by atoms with Crippen LogP contribution in [0.25, 0.3) is 11.8 Å². The molecule has 1 fully saturated rings. The van der Waals surface area contributed by atoms with Crippen molar-refractivity contribution in [2.24, 2.45) is 0 Å². The number of carbonyl (C=O) groups is 1. The molecule has 1 aromatic carbocycles. The highest BCUT2D eigenvalue weighted by molar-refractivity contribution is 6.01. The summed E-state index contributed by atoms with van der Waals surface area (Å²) in [7, 11) is 0. The Morgan fingerprint density at radius 2 is 1.89 bits per heavy atom. The van der Waals surface area contributed by atoms with Crippen molar-refractivity contribution in [1.29, 1.82) is 0 Å². The zero-order valence-corrected chi connectivity index (χ0v) is 15.4. The fraction of sp³-hybridized carbons (Fsp3) is 0.190. The van der Waals surface area contributed by atoms with Crippen LogP contribution < -0.4 is 10.2 Å². The van der Waals surface area contributed by atoms with E-state index in [4.69, 9.17) is 4.74 Å². The van der Waals surface area contributed by atoms with Gasteiger partial charge in [-0.1, -0.05) is 18.2 Å². The Kier molecular flexibility index (Phi) is 5.44. The van der Waals surface area contributed by atoms with Crippen molar-refractivity contribution in [3.63, 3.8) is 0 Å². The van der Waals surface area contributed by atoms with E-state index in [2.05, 4.69) is 20.3 Å². The number of hydrogen-bond donors (Lipinski definition) is 1. The molecule has 0 saturated carbocycles. The van der Waals surface area contributed by atoms with E-state index in [-0.39, 0.29) is 5.91 Å². The lowest BCUT2D eigenvalue weighted by Crippen LogP contribution is -2.36. The van der Waals surface area contributed by atoms with Gasteiger partial charge in [-0.15, -0.1) is 0 Å². The summed E-state index contributed by atoms with van der Waals surface area (Å²) in [5.74, 6) is 0.679. The molecule has 1 aliphatic rings. The Balaban J connectivity index is 1.34. The fourth-order valence-electron chi connectivity index (χ4n) is 2.94. The quantitative estimate of drug-likeness (QED) is 0.695. The van der Waals surface area contributed by atoms with Gasteiger partial charge in [-0.05, 0) is 30.3 Å². The van der Waals surface area contributed by atoms with Crippen molar-refractivity contribution in [2.75, 3.05) is 36.5 Å². The predicted octanol–water partition coefficient (Wildman–Crippen LogP) is 2.76. The first-order valence-corrected chi connectivity index (χ1v) is 9.16. The lowest BCUT2D eigenvalue weighted by Gasteiger charge is -2.27. The summed E-state index contributed by atoms with van der Waals surface area (Å²) >= 11 is 0. The summed E-state index contributed by atoms with van der Waals surface area (Å²) in [5.41, 5.74) is 2.48. The smallest absolute Gasteiger partial charge is 0.248 e. The van der Waals surface area contributed by atoms with Gasteiger partial charge in [0.15, 0.2) is 0 Å². The van der Waals surface area contributed by atoms with Gasteiger partial charge < -0.3 is 15.0 Å². The van der Waals surface area contributed by atoms with Gasteiger partial charge in [-0.25, -0.2) is 9.67 Å². The molecule has 142 valence electrons. The predicted molar refractivity (Wildman–Crippen MR) is 108 cm³/mol. The highest BCUT2D eigenvalue weighted by Crippen LogP contribution is 2.15. The molecule has 0 unspecified atom stereocenters. The number of ether oxygens (including phenoxy) is 1. The first kappa shape index (κ1) is 17.9. The molecule has 1 aliphatic heterocycles. The van der Waals surface area contributed by atoms with Gasteiger partial charge in [0, 0.05) is 30.9 Å². The molecule has 1 amide bonds. The maximum Gasteiger partial charge on any atom is 0.248 e. The van der Waals surface area contributed by atoms with Crippen molar-refractivity contribution < 1.29 is 9.53 Å².